The Morgan fingerprint density at radius 2 is 1.86 bits per heavy atom. The molecule has 0 aliphatic heterocycles. The molecule has 0 heterocycles. The second-order valence-electron chi connectivity index (χ2n) is 4.58. The maximum atomic E-state index is 13.2. The van der Waals surface area contributed by atoms with Gasteiger partial charge in [0.1, 0.15) is 5.82 Å². The largest absolute Gasteiger partial charge is 0.504 e. The van der Waals surface area contributed by atoms with Crippen LogP contribution in [0.4, 0.5) is 4.39 Å². The molecule has 0 aliphatic carbocycles. The topological polar surface area (TPSA) is 93.3 Å². The Morgan fingerprint density at radius 1 is 1.10 bits per heavy atom. The van der Waals surface area contributed by atoms with E-state index in [4.69, 9.17) is 5.21 Å². The fourth-order valence-electron chi connectivity index (χ4n) is 2.13. The minimum Gasteiger partial charge on any atom is -0.504 e. The van der Waals surface area contributed by atoms with E-state index in [1.54, 1.807) is 12.1 Å². The Balaban J connectivity index is 2.38. The molecule has 2 rings (SSSR count). The molecule has 1 atom stereocenters. The molecule has 4 N–H and O–H groups in total. The van der Waals surface area contributed by atoms with Crippen molar-refractivity contribution in [3.63, 3.8) is 0 Å². The van der Waals surface area contributed by atoms with E-state index in [2.05, 4.69) is 5.16 Å². The summed E-state index contributed by atoms with van der Waals surface area (Å²) in [7, 11) is 0. The van der Waals surface area contributed by atoms with Crippen LogP contribution in [0.5, 0.6) is 17.2 Å². The van der Waals surface area contributed by atoms with Gasteiger partial charge in [-0.05, 0) is 30.2 Å². The van der Waals surface area contributed by atoms with Gasteiger partial charge in [-0.2, -0.15) is 0 Å². The van der Waals surface area contributed by atoms with Gasteiger partial charge < -0.3 is 20.5 Å². The van der Waals surface area contributed by atoms with Crippen LogP contribution in [0, 0.1) is 5.82 Å². The van der Waals surface area contributed by atoms with Gasteiger partial charge in [0.25, 0.3) is 0 Å². The first kappa shape index (κ1) is 14.6. The lowest BCUT2D eigenvalue weighted by Gasteiger charge is -2.15. The normalized spacial score (nSPS) is 12.6. The van der Waals surface area contributed by atoms with Gasteiger partial charge in [0, 0.05) is 11.5 Å². The molecular formula is C15H14FNO4. The Labute approximate surface area is 120 Å². The summed E-state index contributed by atoms with van der Waals surface area (Å²) in [5.41, 5.74) is 0.888. The van der Waals surface area contributed by atoms with E-state index in [-0.39, 0.29) is 12.0 Å². The highest BCUT2D eigenvalue weighted by Crippen LogP contribution is 2.40. The molecule has 2 aromatic rings. The second-order valence-corrected chi connectivity index (χ2v) is 4.58. The number of hydrogen-bond acceptors (Lipinski definition) is 5. The lowest BCUT2D eigenvalue weighted by atomic mass is 9.92. The third-order valence-electron chi connectivity index (χ3n) is 3.15. The van der Waals surface area contributed by atoms with Crippen molar-refractivity contribution in [3.8, 4) is 17.2 Å². The average molecular weight is 291 g/mol. The van der Waals surface area contributed by atoms with Crippen LogP contribution in [0.15, 0.2) is 41.6 Å². The molecule has 110 valence electrons. The number of nitrogens with zero attached hydrogens (tertiary/aromatic N) is 1. The Bertz CT molecular complexity index is 673. The first-order chi connectivity index (χ1) is 10.0. The quantitative estimate of drug-likeness (QED) is 0.301. The van der Waals surface area contributed by atoms with Crippen LogP contribution in [-0.2, 0) is 6.42 Å². The minimum atomic E-state index is -0.650. The summed E-state index contributed by atoms with van der Waals surface area (Å²) in [5, 5.41) is 40.4. The van der Waals surface area contributed by atoms with Gasteiger partial charge in [0.2, 0.25) is 5.75 Å². The number of aromatic hydroxyl groups is 3. The zero-order valence-electron chi connectivity index (χ0n) is 10.9. The SMILES string of the molecule is ON=CC(Cc1cccc(F)c1)c1ccc(O)c(O)c1O. The van der Waals surface area contributed by atoms with Gasteiger partial charge in [-0.1, -0.05) is 18.2 Å². The van der Waals surface area contributed by atoms with Crippen LogP contribution in [0.25, 0.3) is 0 Å². The van der Waals surface area contributed by atoms with Gasteiger partial charge in [0.15, 0.2) is 11.5 Å². The van der Waals surface area contributed by atoms with Gasteiger partial charge in [0.05, 0.1) is 6.21 Å². The maximum Gasteiger partial charge on any atom is 0.200 e. The Kier molecular flexibility index (Phi) is 4.27. The van der Waals surface area contributed by atoms with Crippen molar-refractivity contribution in [2.75, 3.05) is 0 Å². The standard InChI is InChI=1S/C15H14FNO4/c16-11-3-1-2-9(7-11)6-10(8-17-21)12-4-5-13(18)15(20)14(12)19/h1-5,7-8,10,18-21H,6H2. The first-order valence-corrected chi connectivity index (χ1v) is 6.18. The number of phenolic OH excluding ortho intramolecular Hbond substituents is 3. The molecule has 0 saturated carbocycles. The molecular weight excluding hydrogens is 277 g/mol. The summed E-state index contributed by atoms with van der Waals surface area (Å²) in [6.45, 7) is 0. The van der Waals surface area contributed by atoms with E-state index >= 15 is 0 Å². The monoisotopic (exact) mass is 291 g/mol. The zero-order chi connectivity index (χ0) is 15.4. The smallest absolute Gasteiger partial charge is 0.200 e. The van der Waals surface area contributed by atoms with Gasteiger partial charge >= 0.3 is 0 Å². The van der Waals surface area contributed by atoms with Crippen LogP contribution in [-0.4, -0.2) is 26.7 Å². The summed E-state index contributed by atoms with van der Waals surface area (Å²) in [6, 6.07) is 8.49. The van der Waals surface area contributed by atoms with Crippen molar-refractivity contribution in [2.45, 2.75) is 12.3 Å². The fourth-order valence-corrected chi connectivity index (χ4v) is 2.13. The molecule has 0 radical (unpaired) electrons. The number of oxime groups is 1. The summed E-state index contributed by atoms with van der Waals surface area (Å²) in [6.07, 6.45) is 1.41. The number of phenols is 3. The molecule has 5 nitrogen and oxygen atoms in total. The van der Waals surface area contributed by atoms with E-state index in [0.717, 1.165) is 6.21 Å². The average Bonchev–Trinajstić information content (AvgIpc) is 2.45. The Morgan fingerprint density at radius 3 is 2.52 bits per heavy atom. The summed E-state index contributed by atoms with van der Waals surface area (Å²) in [5.74, 6) is -2.60. The molecule has 0 bridgehead atoms. The lowest BCUT2D eigenvalue weighted by Crippen LogP contribution is -2.05. The van der Waals surface area contributed by atoms with Crippen LogP contribution in [0.3, 0.4) is 0 Å². The van der Waals surface area contributed by atoms with Gasteiger partial charge in [-0.25, -0.2) is 4.39 Å². The van der Waals surface area contributed by atoms with Crippen LogP contribution in [0.2, 0.25) is 0 Å². The van der Waals surface area contributed by atoms with Crippen molar-refractivity contribution >= 4 is 6.21 Å². The van der Waals surface area contributed by atoms with E-state index in [1.807, 2.05) is 0 Å². The predicted octanol–water partition coefficient (Wildman–Crippen LogP) is 2.73. The van der Waals surface area contributed by atoms with Gasteiger partial charge in [-0.15, -0.1) is 5.16 Å². The molecule has 0 fully saturated rings. The molecule has 6 heteroatoms. The number of rotatable bonds is 4. The second kappa shape index (κ2) is 6.13. The van der Waals surface area contributed by atoms with Crippen LogP contribution in [0.1, 0.15) is 17.0 Å². The molecule has 0 saturated heterocycles. The molecule has 21 heavy (non-hydrogen) atoms. The summed E-state index contributed by atoms with van der Waals surface area (Å²) >= 11 is 0. The molecule has 1 unspecified atom stereocenters. The molecule has 0 aliphatic rings. The van der Waals surface area contributed by atoms with Crippen molar-refractivity contribution in [1.29, 1.82) is 0 Å². The predicted molar refractivity (Wildman–Crippen MR) is 74.6 cm³/mol. The zero-order valence-corrected chi connectivity index (χ0v) is 10.9. The van der Waals surface area contributed by atoms with E-state index in [9.17, 15) is 19.7 Å². The fraction of sp³-hybridized carbons (Fsp3) is 0.133. The van der Waals surface area contributed by atoms with Crippen molar-refractivity contribution in [2.24, 2.45) is 5.16 Å². The van der Waals surface area contributed by atoms with E-state index in [0.29, 0.717) is 5.56 Å². The highest BCUT2D eigenvalue weighted by molar-refractivity contribution is 5.71. The molecule has 2 aromatic carbocycles. The lowest BCUT2D eigenvalue weighted by molar-refractivity contribution is 0.319. The first-order valence-electron chi connectivity index (χ1n) is 6.18. The van der Waals surface area contributed by atoms with Gasteiger partial charge in [-0.3, -0.25) is 0 Å². The summed E-state index contributed by atoms with van der Waals surface area (Å²) < 4.78 is 13.2. The van der Waals surface area contributed by atoms with E-state index in [1.165, 1.54) is 24.3 Å². The van der Waals surface area contributed by atoms with Crippen LogP contribution < -0.4 is 0 Å². The molecule has 0 amide bonds. The molecule has 0 aromatic heterocycles. The highest BCUT2D eigenvalue weighted by atomic mass is 19.1. The van der Waals surface area contributed by atoms with E-state index < -0.39 is 29.0 Å². The maximum absolute atomic E-state index is 13.2. The Hall–Kier alpha value is -2.76. The molecule has 0 spiro atoms. The van der Waals surface area contributed by atoms with Crippen molar-refractivity contribution in [3.05, 3.63) is 53.3 Å². The van der Waals surface area contributed by atoms with Crippen LogP contribution >= 0.6 is 0 Å². The minimum absolute atomic E-state index is 0.250. The van der Waals surface area contributed by atoms with Crippen molar-refractivity contribution in [1.82, 2.24) is 0 Å². The number of benzene rings is 2. The number of hydrogen-bond donors (Lipinski definition) is 4. The highest BCUT2D eigenvalue weighted by Gasteiger charge is 2.19. The third kappa shape index (κ3) is 3.22. The number of halogens is 1. The third-order valence-corrected chi connectivity index (χ3v) is 3.15. The van der Waals surface area contributed by atoms with Crippen molar-refractivity contribution < 1.29 is 24.9 Å². The summed E-state index contributed by atoms with van der Waals surface area (Å²) in [4.78, 5) is 0.